The van der Waals surface area contributed by atoms with E-state index in [-0.39, 0.29) is 22.1 Å². The van der Waals surface area contributed by atoms with Gasteiger partial charge in [-0.05, 0) is 56.3 Å². The quantitative estimate of drug-likeness (QED) is 0.628. The van der Waals surface area contributed by atoms with Crippen molar-refractivity contribution in [2.75, 3.05) is 5.32 Å². The van der Waals surface area contributed by atoms with Gasteiger partial charge in [0.2, 0.25) is 0 Å². The summed E-state index contributed by atoms with van der Waals surface area (Å²) in [5.74, 6) is -1.79. The highest BCUT2D eigenvalue weighted by atomic mass is 35.5. The number of ether oxygens (including phenoxy) is 1. The van der Waals surface area contributed by atoms with Crippen LogP contribution in [0.4, 0.5) is 5.69 Å². The number of aromatic hydroxyl groups is 1. The monoisotopic (exact) mass is 361 g/mol. The van der Waals surface area contributed by atoms with Gasteiger partial charge < -0.3 is 15.2 Å². The molecule has 0 aliphatic carbocycles. The first-order valence-electron chi connectivity index (χ1n) is 7.39. The van der Waals surface area contributed by atoms with Crippen LogP contribution in [0.25, 0.3) is 0 Å². The number of ketones is 1. The van der Waals surface area contributed by atoms with Crippen molar-refractivity contribution < 1.29 is 24.2 Å². The van der Waals surface area contributed by atoms with E-state index in [4.69, 9.17) is 16.3 Å². The van der Waals surface area contributed by atoms with Crippen LogP contribution in [0.5, 0.6) is 5.75 Å². The topological polar surface area (TPSA) is 92.7 Å². The fourth-order valence-corrected chi connectivity index (χ4v) is 2.15. The number of phenolic OH excluding ortho intramolecular Hbond substituents is 1. The molecule has 2 N–H and O–H groups in total. The standard InChI is InChI=1S/C18H16ClNO5/c1-10(21)12-3-6-14(7-4-12)20-17(23)11(2)25-18(24)15-9-13(19)5-8-16(15)22/h3-9,11,22H,1-2H3,(H,20,23)/t11-/m1/s1. The number of anilines is 1. The Bertz CT molecular complexity index is 817. The summed E-state index contributed by atoms with van der Waals surface area (Å²) in [5, 5.41) is 12.5. The van der Waals surface area contributed by atoms with Gasteiger partial charge in [-0.3, -0.25) is 9.59 Å². The van der Waals surface area contributed by atoms with E-state index < -0.39 is 18.0 Å². The first kappa shape index (κ1) is 18.5. The zero-order valence-corrected chi connectivity index (χ0v) is 14.3. The molecule has 0 unspecified atom stereocenters. The van der Waals surface area contributed by atoms with Crippen LogP contribution in [0.1, 0.15) is 34.6 Å². The summed E-state index contributed by atoms with van der Waals surface area (Å²) in [5.41, 5.74) is 0.857. The molecule has 6 nitrogen and oxygen atoms in total. The van der Waals surface area contributed by atoms with Gasteiger partial charge in [0.25, 0.3) is 5.91 Å². The molecule has 0 radical (unpaired) electrons. The average molecular weight is 362 g/mol. The lowest BCUT2D eigenvalue weighted by Gasteiger charge is -2.14. The van der Waals surface area contributed by atoms with Gasteiger partial charge >= 0.3 is 5.97 Å². The predicted molar refractivity (Wildman–Crippen MR) is 93.1 cm³/mol. The van der Waals surface area contributed by atoms with Crippen LogP contribution in [-0.4, -0.2) is 28.9 Å². The van der Waals surface area contributed by atoms with Crippen molar-refractivity contribution in [2.24, 2.45) is 0 Å². The Hall–Kier alpha value is -2.86. The smallest absolute Gasteiger partial charge is 0.342 e. The van der Waals surface area contributed by atoms with E-state index in [2.05, 4.69) is 5.32 Å². The van der Waals surface area contributed by atoms with Gasteiger partial charge in [-0.1, -0.05) is 11.6 Å². The number of halogens is 1. The maximum atomic E-state index is 12.1. The van der Waals surface area contributed by atoms with Crippen LogP contribution in [0.2, 0.25) is 5.02 Å². The van der Waals surface area contributed by atoms with Gasteiger partial charge in [0.05, 0.1) is 0 Å². The summed E-state index contributed by atoms with van der Waals surface area (Å²) >= 11 is 5.78. The van der Waals surface area contributed by atoms with Crippen LogP contribution in [0, 0.1) is 0 Å². The molecular formula is C18H16ClNO5. The summed E-state index contributed by atoms with van der Waals surface area (Å²) < 4.78 is 5.04. The fraction of sp³-hybridized carbons (Fsp3) is 0.167. The summed E-state index contributed by atoms with van der Waals surface area (Å²) in [6.45, 7) is 2.85. The summed E-state index contributed by atoms with van der Waals surface area (Å²) in [6, 6.07) is 10.3. The van der Waals surface area contributed by atoms with Gasteiger partial charge in [0.1, 0.15) is 11.3 Å². The van der Waals surface area contributed by atoms with Crippen LogP contribution in [0.3, 0.4) is 0 Å². The molecule has 25 heavy (non-hydrogen) atoms. The van der Waals surface area contributed by atoms with Gasteiger partial charge in [-0.2, -0.15) is 0 Å². The van der Waals surface area contributed by atoms with E-state index in [1.54, 1.807) is 24.3 Å². The van der Waals surface area contributed by atoms with Crippen molar-refractivity contribution in [1.82, 2.24) is 0 Å². The van der Waals surface area contributed by atoms with Crippen LogP contribution >= 0.6 is 11.6 Å². The van der Waals surface area contributed by atoms with E-state index >= 15 is 0 Å². The molecule has 0 saturated heterocycles. The van der Waals surface area contributed by atoms with Crippen molar-refractivity contribution in [3.8, 4) is 5.75 Å². The number of phenols is 1. The van der Waals surface area contributed by atoms with Gasteiger partial charge in [0, 0.05) is 16.3 Å². The lowest BCUT2D eigenvalue weighted by Crippen LogP contribution is -2.30. The largest absolute Gasteiger partial charge is 0.507 e. The number of hydrogen-bond acceptors (Lipinski definition) is 5. The molecule has 7 heteroatoms. The SMILES string of the molecule is CC(=O)c1ccc(NC(=O)[C@@H](C)OC(=O)c2cc(Cl)ccc2O)cc1. The third-order valence-electron chi connectivity index (χ3n) is 3.39. The molecule has 1 amide bonds. The van der Waals surface area contributed by atoms with E-state index in [9.17, 15) is 19.5 Å². The van der Waals surface area contributed by atoms with Crippen molar-refractivity contribution in [1.29, 1.82) is 0 Å². The zero-order chi connectivity index (χ0) is 18.6. The van der Waals surface area contributed by atoms with Crippen LogP contribution in [-0.2, 0) is 9.53 Å². The third kappa shape index (κ3) is 4.81. The Kier molecular flexibility index (Phi) is 5.77. The molecule has 2 aromatic carbocycles. The van der Waals surface area contributed by atoms with Gasteiger partial charge in [-0.15, -0.1) is 0 Å². The zero-order valence-electron chi connectivity index (χ0n) is 13.6. The van der Waals surface area contributed by atoms with Crippen LogP contribution < -0.4 is 5.32 Å². The molecule has 0 heterocycles. The molecule has 0 spiro atoms. The lowest BCUT2D eigenvalue weighted by atomic mass is 10.1. The molecule has 130 valence electrons. The molecule has 0 aliphatic rings. The number of Topliss-reactive ketones (excluding diaryl/α,β-unsaturated/α-hetero) is 1. The number of carbonyl (C=O) groups excluding carboxylic acids is 3. The molecule has 0 saturated carbocycles. The lowest BCUT2D eigenvalue weighted by molar-refractivity contribution is -0.123. The number of carbonyl (C=O) groups is 3. The molecule has 0 bridgehead atoms. The minimum absolute atomic E-state index is 0.0819. The molecular weight excluding hydrogens is 346 g/mol. The number of benzene rings is 2. The second-order valence-electron chi connectivity index (χ2n) is 5.33. The first-order chi connectivity index (χ1) is 11.8. The summed E-state index contributed by atoms with van der Waals surface area (Å²) in [4.78, 5) is 35.4. The second-order valence-corrected chi connectivity index (χ2v) is 5.77. The highest BCUT2D eigenvalue weighted by molar-refractivity contribution is 6.31. The first-order valence-corrected chi connectivity index (χ1v) is 7.77. The number of hydrogen-bond donors (Lipinski definition) is 2. The average Bonchev–Trinajstić information content (AvgIpc) is 2.57. The number of rotatable bonds is 5. The normalized spacial score (nSPS) is 11.5. The Morgan fingerprint density at radius 1 is 1.12 bits per heavy atom. The van der Waals surface area contributed by atoms with Crippen molar-refractivity contribution >= 4 is 34.9 Å². The van der Waals surface area contributed by atoms with Crippen molar-refractivity contribution in [3.63, 3.8) is 0 Å². The Morgan fingerprint density at radius 2 is 1.76 bits per heavy atom. The van der Waals surface area contributed by atoms with Crippen molar-refractivity contribution in [2.45, 2.75) is 20.0 Å². The molecule has 0 aliphatic heterocycles. The minimum atomic E-state index is -1.10. The van der Waals surface area contributed by atoms with Crippen LogP contribution in [0.15, 0.2) is 42.5 Å². The molecule has 1 atom stereocenters. The van der Waals surface area contributed by atoms with E-state index in [0.717, 1.165) is 0 Å². The summed E-state index contributed by atoms with van der Waals surface area (Å²) in [6.07, 6.45) is -1.10. The fourth-order valence-electron chi connectivity index (χ4n) is 1.98. The molecule has 0 aromatic heterocycles. The Labute approximate surface area is 149 Å². The maximum Gasteiger partial charge on any atom is 0.342 e. The van der Waals surface area contributed by atoms with E-state index in [1.165, 1.54) is 32.0 Å². The molecule has 2 rings (SSSR count). The molecule has 0 fully saturated rings. The van der Waals surface area contributed by atoms with Crippen molar-refractivity contribution in [3.05, 3.63) is 58.6 Å². The highest BCUT2D eigenvalue weighted by Gasteiger charge is 2.21. The van der Waals surface area contributed by atoms with Gasteiger partial charge in [-0.25, -0.2) is 4.79 Å². The Morgan fingerprint density at radius 3 is 2.36 bits per heavy atom. The van der Waals surface area contributed by atoms with E-state index in [0.29, 0.717) is 11.3 Å². The van der Waals surface area contributed by atoms with Gasteiger partial charge in [0.15, 0.2) is 11.9 Å². The molecule has 2 aromatic rings. The second kappa shape index (κ2) is 7.81. The highest BCUT2D eigenvalue weighted by Crippen LogP contribution is 2.22. The maximum absolute atomic E-state index is 12.1. The number of amides is 1. The summed E-state index contributed by atoms with van der Waals surface area (Å²) in [7, 11) is 0. The third-order valence-corrected chi connectivity index (χ3v) is 3.63. The van der Waals surface area contributed by atoms with E-state index in [1.807, 2.05) is 0 Å². The Balaban J connectivity index is 2.01. The number of nitrogens with one attached hydrogen (secondary N) is 1. The number of esters is 1. The predicted octanol–water partition coefficient (Wildman–Crippen LogP) is 3.43. The minimum Gasteiger partial charge on any atom is -0.507 e.